The third kappa shape index (κ3) is 2.45. The van der Waals surface area contributed by atoms with Gasteiger partial charge in [0, 0.05) is 18.4 Å². The van der Waals surface area contributed by atoms with Crippen molar-refractivity contribution in [3.8, 4) is 0 Å². The van der Waals surface area contributed by atoms with Crippen molar-refractivity contribution in [3.63, 3.8) is 0 Å². The Balaban J connectivity index is 1.95. The first-order chi connectivity index (χ1) is 7.79. The molecule has 0 radical (unpaired) electrons. The molecule has 1 heterocycles. The second-order valence-electron chi connectivity index (χ2n) is 6.50. The number of hydrogen-bond donors (Lipinski definition) is 0. The Morgan fingerprint density at radius 1 is 1.18 bits per heavy atom. The van der Waals surface area contributed by atoms with Gasteiger partial charge in [0.25, 0.3) is 0 Å². The lowest BCUT2D eigenvalue weighted by Crippen LogP contribution is -2.42. The molecule has 0 unspecified atom stereocenters. The van der Waals surface area contributed by atoms with E-state index in [4.69, 9.17) is 0 Å². The summed E-state index contributed by atoms with van der Waals surface area (Å²) < 4.78 is 26.6. The highest BCUT2D eigenvalue weighted by atomic mass is 19.1. The van der Waals surface area contributed by atoms with Crippen molar-refractivity contribution in [1.82, 2.24) is 4.90 Å². The molecule has 2 rings (SSSR count). The van der Waals surface area contributed by atoms with Gasteiger partial charge < -0.3 is 4.90 Å². The van der Waals surface area contributed by atoms with Crippen LogP contribution in [0.25, 0.3) is 0 Å². The summed E-state index contributed by atoms with van der Waals surface area (Å²) in [6, 6.07) is 0. The van der Waals surface area contributed by atoms with E-state index < -0.39 is 12.3 Å². The molecular formula is C13H21F2NO. The van der Waals surface area contributed by atoms with E-state index in [0.717, 1.165) is 0 Å². The minimum atomic E-state index is -0.944. The zero-order valence-electron chi connectivity index (χ0n) is 10.7. The monoisotopic (exact) mass is 245 g/mol. The quantitative estimate of drug-likeness (QED) is 0.695. The van der Waals surface area contributed by atoms with Gasteiger partial charge in [0.2, 0.25) is 5.91 Å². The summed E-state index contributed by atoms with van der Waals surface area (Å²) in [6.07, 6.45) is -1.12. The van der Waals surface area contributed by atoms with Gasteiger partial charge >= 0.3 is 0 Å². The number of nitrogens with zero attached hydrogens (tertiary/aromatic N) is 1. The number of hydrogen-bond acceptors (Lipinski definition) is 1. The van der Waals surface area contributed by atoms with Crippen molar-refractivity contribution < 1.29 is 13.6 Å². The SMILES string of the molecule is CC(C)(C)[C@@H]1CN(C(=O)C2CC(F)C2)C[C@@H]1F. The summed E-state index contributed by atoms with van der Waals surface area (Å²) in [5.41, 5.74) is -0.128. The van der Waals surface area contributed by atoms with Crippen LogP contribution in [0.1, 0.15) is 33.6 Å². The maximum atomic E-state index is 13.9. The molecule has 0 aromatic carbocycles. The van der Waals surface area contributed by atoms with Gasteiger partial charge in [0.15, 0.2) is 0 Å². The molecule has 1 amide bonds. The van der Waals surface area contributed by atoms with Crippen LogP contribution in [0.3, 0.4) is 0 Å². The maximum absolute atomic E-state index is 13.9. The number of halogens is 2. The van der Waals surface area contributed by atoms with E-state index >= 15 is 0 Å². The van der Waals surface area contributed by atoms with Crippen LogP contribution in [0.5, 0.6) is 0 Å². The Kier molecular flexibility index (Phi) is 3.17. The molecule has 1 aliphatic carbocycles. The predicted octanol–water partition coefficient (Wildman–Crippen LogP) is 2.58. The zero-order valence-corrected chi connectivity index (χ0v) is 10.7. The van der Waals surface area contributed by atoms with Gasteiger partial charge in [-0.05, 0) is 18.3 Å². The molecule has 2 atom stereocenters. The van der Waals surface area contributed by atoms with Crippen LogP contribution in [0, 0.1) is 17.3 Å². The Labute approximate surface area is 101 Å². The first-order valence-corrected chi connectivity index (χ1v) is 6.36. The molecule has 1 saturated heterocycles. The molecule has 1 saturated carbocycles. The molecule has 0 N–H and O–H groups in total. The number of rotatable bonds is 1. The van der Waals surface area contributed by atoms with Crippen molar-refractivity contribution in [1.29, 1.82) is 0 Å². The third-order valence-corrected chi connectivity index (χ3v) is 4.10. The molecule has 1 aliphatic heterocycles. The molecular weight excluding hydrogens is 224 g/mol. The fourth-order valence-corrected chi connectivity index (χ4v) is 2.77. The van der Waals surface area contributed by atoms with E-state index in [1.54, 1.807) is 4.90 Å². The first kappa shape index (κ1) is 12.8. The maximum Gasteiger partial charge on any atom is 0.226 e. The highest BCUT2D eigenvalue weighted by molar-refractivity contribution is 5.80. The Bertz CT molecular complexity index is 307. The topological polar surface area (TPSA) is 20.3 Å². The van der Waals surface area contributed by atoms with Crippen molar-refractivity contribution in [2.24, 2.45) is 17.3 Å². The van der Waals surface area contributed by atoms with Gasteiger partial charge in [0.05, 0.1) is 6.54 Å². The van der Waals surface area contributed by atoms with Crippen LogP contribution in [-0.2, 0) is 4.79 Å². The largest absolute Gasteiger partial charge is 0.339 e. The van der Waals surface area contributed by atoms with E-state index in [9.17, 15) is 13.6 Å². The molecule has 98 valence electrons. The van der Waals surface area contributed by atoms with Crippen LogP contribution in [0.15, 0.2) is 0 Å². The smallest absolute Gasteiger partial charge is 0.226 e. The standard InChI is InChI=1S/C13H21F2NO/c1-13(2,3)10-6-16(7-11(10)15)12(17)8-4-9(14)5-8/h8-11H,4-7H2,1-3H3/t8?,9?,10-,11+/m1/s1. The highest BCUT2D eigenvalue weighted by Crippen LogP contribution is 2.38. The second-order valence-corrected chi connectivity index (χ2v) is 6.50. The van der Waals surface area contributed by atoms with Crippen molar-refractivity contribution >= 4 is 5.91 Å². The van der Waals surface area contributed by atoms with Crippen molar-refractivity contribution in [3.05, 3.63) is 0 Å². The Morgan fingerprint density at radius 3 is 2.18 bits per heavy atom. The lowest BCUT2D eigenvalue weighted by molar-refractivity contribution is -0.139. The van der Waals surface area contributed by atoms with E-state index in [1.807, 2.05) is 20.8 Å². The minimum absolute atomic E-state index is 0.0479. The average molecular weight is 245 g/mol. The number of amides is 1. The first-order valence-electron chi connectivity index (χ1n) is 6.36. The van der Waals surface area contributed by atoms with Gasteiger partial charge in [-0.2, -0.15) is 0 Å². The Hall–Kier alpha value is -0.670. The van der Waals surface area contributed by atoms with Gasteiger partial charge in [-0.15, -0.1) is 0 Å². The van der Waals surface area contributed by atoms with Crippen LogP contribution in [0.4, 0.5) is 8.78 Å². The fourth-order valence-electron chi connectivity index (χ4n) is 2.77. The van der Waals surface area contributed by atoms with Crippen LogP contribution >= 0.6 is 0 Å². The molecule has 0 aromatic rings. The van der Waals surface area contributed by atoms with E-state index in [2.05, 4.69) is 0 Å². The van der Waals surface area contributed by atoms with Gasteiger partial charge in [-0.25, -0.2) is 8.78 Å². The number of carbonyl (C=O) groups excluding carboxylic acids is 1. The highest BCUT2D eigenvalue weighted by Gasteiger charge is 2.45. The van der Waals surface area contributed by atoms with Crippen LogP contribution in [-0.4, -0.2) is 36.2 Å². The molecule has 17 heavy (non-hydrogen) atoms. The molecule has 2 nitrogen and oxygen atoms in total. The number of alkyl halides is 2. The molecule has 0 bridgehead atoms. The van der Waals surface area contributed by atoms with E-state index in [0.29, 0.717) is 19.4 Å². The lowest BCUT2D eigenvalue weighted by Gasteiger charge is -2.32. The molecule has 4 heteroatoms. The van der Waals surface area contributed by atoms with Crippen molar-refractivity contribution in [2.75, 3.05) is 13.1 Å². The van der Waals surface area contributed by atoms with Gasteiger partial charge in [-0.1, -0.05) is 20.8 Å². The van der Waals surface area contributed by atoms with Gasteiger partial charge in [-0.3, -0.25) is 4.79 Å². The van der Waals surface area contributed by atoms with E-state index in [1.165, 1.54) is 0 Å². The van der Waals surface area contributed by atoms with Crippen LogP contribution < -0.4 is 0 Å². The normalized spacial score (nSPS) is 38.1. The Morgan fingerprint density at radius 2 is 1.76 bits per heavy atom. The molecule has 2 fully saturated rings. The predicted molar refractivity (Wildman–Crippen MR) is 62.0 cm³/mol. The average Bonchev–Trinajstić information content (AvgIpc) is 2.54. The number of carbonyl (C=O) groups is 1. The van der Waals surface area contributed by atoms with Crippen molar-refractivity contribution in [2.45, 2.75) is 46.0 Å². The molecule has 0 spiro atoms. The fraction of sp³-hybridized carbons (Fsp3) is 0.923. The number of likely N-dealkylation sites (tertiary alicyclic amines) is 1. The summed E-state index contributed by atoms with van der Waals surface area (Å²) in [7, 11) is 0. The third-order valence-electron chi connectivity index (χ3n) is 4.10. The van der Waals surface area contributed by atoms with Gasteiger partial charge in [0.1, 0.15) is 12.3 Å². The minimum Gasteiger partial charge on any atom is -0.339 e. The summed E-state index contributed by atoms with van der Waals surface area (Å²) in [6.45, 7) is 6.67. The summed E-state index contributed by atoms with van der Waals surface area (Å²) in [5, 5.41) is 0. The summed E-state index contributed by atoms with van der Waals surface area (Å²) in [4.78, 5) is 13.6. The molecule has 2 aliphatic rings. The molecule has 0 aromatic heterocycles. The van der Waals surface area contributed by atoms with Crippen LogP contribution in [0.2, 0.25) is 0 Å². The summed E-state index contributed by atoms with van der Waals surface area (Å²) >= 11 is 0. The second kappa shape index (κ2) is 4.21. The lowest BCUT2D eigenvalue weighted by atomic mass is 9.79. The van der Waals surface area contributed by atoms with E-state index in [-0.39, 0.29) is 29.7 Å². The zero-order chi connectivity index (χ0) is 12.8. The summed E-state index contributed by atoms with van der Waals surface area (Å²) in [5.74, 6) is -0.350.